The first-order valence-corrected chi connectivity index (χ1v) is 8.54. The molecule has 22 heavy (non-hydrogen) atoms. The van der Waals surface area contributed by atoms with Gasteiger partial charge in [-0.05, 0) is 48.9 Å². The van der Waals surface area contributed by atoms with Crippen LogP contribution in [-0.2, 0) is 5.41 Å². The molecular weight excluding hydrogens is 297 g/mol. The van der Waals surface area contributed by atoms with E-state index in [1.807, 2.05) is 42.7 Å². The van der Waals surface area contributed by atoms with Gasteiger partial charge in [0.1, 0.15) is 5.82 Å². The Hall–Kier alpha value is -1.81. The first-order valence-electron chi connectivity index (χ1n) is 7.32. The summed E-state index contributed by atoms with van der Waals surface area (Å²) in [5.41, 5.74) is 1.80. The number of hydrogen-bond acceptors (Lipinski definition) is 2. The summed E-state index contributed by atoms with van der Waals surface area (Å²) < 4.78 is 13.0. The molecule has 2 aromatic rings. The number of halogens is 1. The fourth-order valence-corrected chi connectivity index (χ4v) is 3.29. The van der Waals surface area contributed by atoms with Crippen molar-refractivity contribution in [2.24, 2.45) is 0 Å². The molecule has 1 N–H and O–H groups in total. The molecule has 4 heteroatoms. The monoisotopic (exact) mass is 315 g/mol. The summed E-state index contributed by atoms with van der Waals surface area (Å²) in [5.74, 6) is -0.268. The molecule has 0 heterocycles. The van der Waals surface area contributed by atoms with Crippen molar-refractivity contribution in [1.82, 2.24) is 5.32 Å². The van der Waals surface area contributed by atoms with E-state index in [1.54, 1.807) is 11.8 Å². The lowest BCUT2D eigenvalue weighted by Gasteiger charge is -2.17. The van der Waals surface area contributed by atoms with Crippen molar-refractivity contribution >= 4 is 17.7 Å². The summed E-state index contributed by atoms with van der Waals surface area (Å²) in [5, 5.41) is 3.04. The van der Waals surface area contributed by atoms with Crippen LogP contribution in [0.25, 0.3) is 0 Å². The minimum Gasteiger partial charge on any atom is -0.351 e. The second-order valence-electron chi connectivity index (χ2n) is 5.67. The predicted octanol–water partition coefficient (Wildman–Crippen LogP) is 4.01. The van der Waals surface area contributed by atoms with Crippen molar-refractivity contribution in [3.8, 4) is 0 Å². The molecule has 1 fully saturated rings. The van der Waals surface area contributed by atoms with Gasteiger partial charge in [0.15, 0.2) is 0 Å². The smallest absolute Gasteiger partial charge is 0.252 e. The fourth-order valence-electron chi connectivity index (χ4n) is 2.70. The second-order valence-corrected chi connectivity index (χ2v) is 6.52. The van der Waals surface area contributed by atoms with Gasteiger partial charge in [0.2, 0.25) is 0 Å². The van der Waals surface area contributed by atoms with Gasteiger partial charge in [0.25, 0.3) is 5.91 Å². The van der Waals surface area contributed by atoms with Crippen molar-refractivity contribution in [1.29, 1.82) is 0 Å². The Labute approximate surface area is 134 Å². The summed E-state index contributed by atoms with van der Waals surface area (Å²) in [7, 11) is 0. The lowest BCUT2D eigenvalue weighted by atomic mass is 9.96. The van der Waals surface area contributed by atoms with Crippen molar-refractivity contribution < 1.29 is 9.18 Å². The molecule has 0 bridgehead atoms. The van der Waals surface area contributed by atoms with Gasteiger partial charge in [-0.25, -0.2) is 4.39 Å². The topological polar surface area (TPSA) is 29.1 Å². The average molecular weight is 315 g/mol. The van der Waals surface area contributed by atoms with Crippen LogP contribution in [0.4, 0.5) is 4.39 Å². The zero-order valence-corrected chi connectivity index (χ0v) is 13.3. The van der Waals surface area contributed by atoms with E-state index in [9.17, 15) is 9.18 Å². The first kappa shape index (κ1) is 15.1. The lowest BCUT2D eigenvalue weighted by Crippen LogP contribution is -2.32. The molecule has 0 radical (unpaired) electrons. The number of hydrogen-bond donors (Lipinski definition) is 1. The van der Waals surface area contributed by atoms with E-state index >= 15 is 0 Å². The number of nitrogens with one attached hydrogen (secondary N) is 1. The molecule has 114 valence electrons. The maximum absolute atomic E-state index is 13.0. The molecule has 0 aliphatic heterocycles. The molecule has 1 saturated carbocycles. The molecule has 1 aliphatic carbocycles. The van der Waals surface area contributed by atoms with Crippen LogP contribution >= 0.6 is 11.8 Å². The van der Waals surface area contributed by atoms with Crippen LogP contribution in [0.2, 0.25) is 0 Å². The van der Waals surface area contributed by atoms with Crippen molar-refractivity contribution in [3.63, 3.8) is 0 Å². The Morgan fingerprint density at radius 2 is 1.86 bits per heavy atom. The van der Waals surface area contributed by atoms with E-state index in [0.717, 1.165) is 23.3 Å². The van der Waals surface area contributed by atoms with Gasteiger partial charge in [-0.15, -0.1) is 11.8 Å². The van der Waals surface area contributed by atoms with E-state index in [0.29, 0.717) is 12.1 Å². The third-order valence-corrected chi connectivity index (χ3v) is 5.04. The van der Waals surface area contributed by atoms with Gasteiger partial charge < -0.3 is 5.32 Å². The number of rotatable bonds is 5. The van der Waals surface area contributed by atoms with Crippen LogP contribution in [0.5, 0.6) is 0 Å². The van der Waals surface area contributed by atoms with Crippen LogP contribution in [0.1, 0.15) is 28.8 Å². The molecule has 1 aliphatic rings. The van der Waals surface area contributed by atoms with E-state index in [2.05, 4.69) is 5.32 Å². The van der Waals surface area contributed by atoms with Crippen LogP contribution in [0, 0.1) is 5.82 Å². The van der Waals surface area contributed by atoms with E-state index in [1.165, 1.54) is 12.1 Å². The summed E-state index contributed by atoms with van der Waals surface area (Å²) in [4.78, 5) is 13.4. The molecule has 0 aromatic heterocycles. The summed E-state index contributed by atoms with van der Waals surface area (Å²) in [6, 6.07) is 14.2. The van der Waals surface area contributed by atoms with Crippen molar-refractivity contribution in [3.05, 3.63) is 65.5 Å². The summed E-state index contributed by atoms with van der Waals surface area (Å²) >= 11 is 1.57. The fraction of sp³-hybridized carbons (Fsp3) is 0.278. The third kappa shape index (κ3) is 3.02. The molecule has 0 unspecified atom stereocenters. The van der Waals surface area contributed by atoms with Gasteiger partial charge >= 0.3 is 0 Å². The third-order valence-electron chi connectivity index (χ3n) is 4.25. The van der Waals surface area contributed by atoms with Crippen LogP contribution in [-0.4, -0.2) is 18.7 Å². The van der Waals surface area contributed by atoms with Crippen LogP contribution in [0.15, 0.2) is 53.4 Å². The van der Waals surface area contributed by atoms with E-state index in [-0.39, 0.29) is 17.1 Å². The second kappa shape index (κ2) is 6.13. The highest BCUT2D eigenvalue weighted by Crippen LogP contribution is 2.47. The van der Waals surface area contributed by atoms with Crippen LogP contribution < -0.4 is 5.32 Å². The minimum atomic E-state index is -0.225. The minimum absolute atomic E-state index is 0.0162. The molecule has 0 saturated heterocycles. The highest BCUT2D eigenvalue weighted by Gasteiger charge is 2.44. The zero-order valence-electron chi connectivity index (χ0n) is 12.4. The van der Waals surface area contributed by atoms with Gasteiger partial charge in [-0.2, -0.15) is 0 Å². The molecule has 1 amide bonds. The first-order chi connectivity index (χ1) is 10.6. The van der Waals surface area contributed by atoms with Crippen molar-refractivity contribution in [2.75, 3.05) is 12.8 Å². The number of thioether (sulfide) groups is 1. The Morgan fingerprint density at radius 3 is 2.50 bits per heavy atom. The molecule has 0 spiro atoms. The maximum Gasteiger partial charge on any atom is 0.252 e. The number of carbonyl (C=O) groups is 1. The molecule has 2 aromatic carbocycles. The Kier molecular flexibility index (Phi) is 4.21. The highest BCUT2D eigenvalue weighted by molar-refractivity contribution is 7.98. The van der Waals surface area contributed by atoms with Gasteiger partial charge in [0, 0.05) is 16.9 Å². The number of benzene rings is 2. The SMILES string of the molecule is CSc1ccccc1C(=O)NCC1(c2ccc(F)cc2)CC1. The quantitative estimate of drug-likeness (QED) is 0.845. The Balaban J connectivity index is 1.69. The van der Waals surface area contributed by atoms with Gasteiger partial charge in [0.05, 0.1) is 5.56 Å². The van der Waals surface area contributed by atoms with E-state index in [4.69, 9.17) is 0 Å². The normalized spacial score (nSPS) is 15.4. The summed E-state index contributed by atoms with van der Waals surface area (Å²) in [6.07, 6.45) is 4.03. The highest BCUT2D eigenvalue weighted by atomic mass is 32.2. The number of carbonyl (C=O) groups excluding carboxylic acids is 1. The van der Waals surface area contributed by atoms with Crippen molar-refractivity contribution in [2.45, 2.75) is 23.2 Å². The molecule has 0 atom stereocenters. The Morgan fingerprint density at radius 1 is 1.18 bits per heavy atom. The van der Waals surface area contributed by atoms with E-state index < -0.39 is 0 Å². The summed E-state index contributed by atoms with van der Waals surface area (Å²) in [6.45, 7) is 0.597. The number of amides is 1. The molecular formula is C18H18FNOS. The predicted molar refractivity (Wildman–Crippen MR) is 87.9 cm³/mol. The molecule has 3 rings (SSSR count). The Bertz CT molecular complexity index is 680. The largest absolute Gasteiger partial charge is 0.351 e. The lowest BCUT2D eigenvalue weighted by molar-refractivity contribution is 0.0947. The van der Waals surface area contributed by atoms with Gasteiger partial charge in [-0.1, -0.05) is 24.3 Å². The zero-order chi connectivity index (χ0) is 15.6. The van der Waals surface area contributed by atoms with Crippen LogP contribution in [0.3, 0.4) is 0 Å². The standard InChI is InChI=1S/C18H18FNOS/c1-22-16-5-3-2-4-15(16)17(21)20-12-18(10-11-18)13-6-8-14(19)9-7-13/h2-9H,10-12H2,1H3,(H,20,21). The average Bonchev–Trinajstić information content (AvgIpc) is 3.34. The molecule has 2 nitrogen and oxygen atoms in total. The van der Waals surface area contributed by atoms with Gasteiger partial charge in [-0.3, -0.25) is 4.79 Å². The maximum atomic E-state index is 13.0.